The molecular weight excluding hydrogens is 361 g/mol. The van der Waals surface area contributed by atoms with E-state index < -0.39 is 24.3 Å². The zero-order valence-electron chi connectivity index (χ0n) is 16.4. The summed E-state index contributed by atoms with van der Waals surface area (Å²) in [5, 5.41) is 2.69. The molecule has 2 aromatic rings. The Kier molecular flexibility index (Phi) is 6.93. The zero-order valence-corrected chi connectivity index (χ0v) is 16.4. The third kappa shape index (κ3) is 5.94. The Morgan fingerprint density at radius 2 is 1.86 bits per heavy atom. The number of benzene rings is 2. The minimum absolute atomic E-state index is 0.101. The van der Waals surface area contributed by atoms with E-state index in [1.807, 2.05) is 12.1 Å². The lowest BCUT2D eigenvalue weighted by atomic mass is 9.87. The Labute approximate surface area is 164 Å². The van der Waals surface area contributed by atoms with Crippen LogP contribution in [-0.4, -0.2) is 25.6 Å². The van der Waals surface area contributed by atoms with Gasteiger partial charge in [0.05, 0.1) is 12.8 Å². The van der Waals surface area contributed by atoms with Crippen molar-refractivity contribution < 1.29 is 23.5 Å². The molecule has 0 saturated heterocycles. The standard InChI is InChI=1S/C22H24FNO4/c1-22(2,3)16-10-11-19(27-4)18(13-16)24-20(25)14-28-21(26)12-9-15-7-5-6-8-17(15)23/h5-13H,14H2,1-4H3,(H,24,25)/b12-9+. The number of nitrogens with one attached hydrogen (secondary N) is 1. The predicted octanol–water partition coefficient (Wildman–Crippen LogP) is 4.33. The molecule has 0 saturated carbocycles. The van der Waals surface area contributed by atoms with Gasteiger partial charge >= 0.3 is 5.97 Å². The van der Waals surface area contributed by atoms with E-state index in [1.54, 1.807) is 18.2 Å². The molecule has 0 atom stereocenters. The van der Waals surface area contributed by atoms with Crippen molar-refractivity contribution in [1.29, 1.82) is 0 Å². The first-order valence-corrected chi connectivity index (χ1v) is 8.78. The monoisotopic (exact) mass is 385 g/mol. The van der Waals surface area contributed by atoms with Crippen molar-refractivity contribution in [2.75, 3.05) is 19.0 Å². The molecule has 1 N–H and O–H groups in total. The molecule has 0 aliphatic carbocycles. The van der Waals surface area contributed by atoms with Gasteiger partial charge in [0.2, 0.25) is 0 Å². The Bertz CT molecular complexity index is 884. The van der Waals surface area contributed by atoms with E-state index in [0.717, 1.165) is 11.6 Å². The average molecular weight is 385 g/mol. The van der Waals surface area contributed by atoms with Gasteiger partial charge in [-0.1, -0.05) is 45.0 Å². The molecule has 1 amide bonds. The van der Waals surface area contributed by atoms with Crippen molar-refractivity contribution >= 4 is 23.6 Å². The summed E-state index contributed by atoms with van der Waals surface area (Å²) in [5.74, 6) is -1.19. The van der Waals surface area contributed by atoms with Gasteiger partial charge < -0.3 is 14.8 Å². The lowest BCUT2D eigenvalue weighted by Crippen LogP contribution is -2.21. The van der Waals surface area contributed by atoms with Crippen LogP contribution in [0.2, 0.25) is 0 Å². The molecule has 0 fully saturated rings. The number of hydrogen-bond acceptors (Lipinski definition) is 4. The van der Waals surface area contributed by atoms with Gasteiger partial charge in [0.1, 0.15) is 11.6 Å². The SMILES string of the molecule is COc1ccc(C(C)(C)C)cc1NC(=O)COC(=O)/C=C/c1ccccc1F. The summed E-state index contributed by atoms with van der Waals surface area (Å²) in [6.45, 7) is 5.71. The summed E-state index contributed by atoms with van der Waals surface area (Å²) >= 11 is 0. The summed E-state index contributed by atoms with van der Waals surface area (Å²) in [5.41, 5.74) is 1.68. The molecule has 2 aromatic carbocycles. The van der Waals surface area contributed by atoms with E-state index in [1.165, 1.54) is 25.3 Å². The molecule has 148 valence electrons. The van der Waals surface area contributed by atoms with Crippen LogP contribution in [0.25, 0.3) is 6.08 Å². The number of rotatable bonds is 6. The first kappa shape index (κ1) is 21.2. The van der Waals surface area contributed by atoms with E-state index in [4.69, 9.17) is 9.47 Å². The van der Waals surface area contributed by atoms with Gasteiger partial charge in [-0.3, -0.25) is 4.79 Å². The van der Waals surface area contributed by atoms with E-state index in [2.05, 4.69) is 26.1 Å². The summed E-state index contributed by atoms with van der Waals surface area (Å²) in [7, 11) is 1.51. The Balaban J connectivity index is 1.97. The highest BCUT2D eigenvalue weighted by Gasteiger charge is 2.17. The van der Waals surface area contributed by atoms with Crippen LogP contribution < -0.4 is 10.1 Å². The summed E-state index contributed by atoms with van der Waals surface area (Å²) in [6, 6.07) is 11.6. The van der Waals surface area contributed by atoms with Crippen LogP contribution in [0.3, 0.4) is 0 Å². The van der Waals surface area contributed by atoms with E-state index in [0.29, 0.717) is 11.4 Å². The van der Waals surface area contributed by atoms with E-state index in [-0.39, 0.29) is 11.0 Å². The van der Waals surface area contributed by atoms with Crippen LogP contribution in [0.15, 0.2) is 48.5 Å². The highest BCUT2D eigenvalue weighted by Crippen LogP contribution is 2.31. The molecule has 0 heterocycles. The Hall–Kier alpha value is -3.15. The maximum absolute atomic E-state index is 13.5. The summed E-state index contributed by atoms with van der Waals surface area (Å²) < 4.78 is 23.7. The smallest absolute Gasteiger partial charge is 0.331 e. The average Bonchev–Trinajstić information content (AvgIpc) is 2.65. The fourth-order valence-corrected chi connectivity index (χ4v) is 2.41. The number of ether oxygens (including phenoxy) is 2. The third-order valence-corrected chi connectivity index (χ3v) is 3.99. The number of amides is 1. The van der Waals surface area contributed by atoms with Gasteiger partial charge in [-0.05, 0) is 35.3 Å². The summed E-state index contributed by atoms with van der Waals surface area (Å²) in [4.78, 5) is 23.9. The van der Waals surface area contributed by atoms with Crippen molar-refractivity contribution in [2.45, 2.75) is 26.2 Å². The molecule has 0 aliphatic rings. The van der Waals surface area contributed by atoms with Crippen molar-refractivity contribution in [3.8, 4) is 5.75 Å². The van der Waals surface area contributed by atoms with Crippen LogP contribution in [-0.2, 0) is 19.7 Å². The maximum atomic E-state index is 13.5. The molecule has 5 nitrogen and oxygen atoms in total. The van der Waals surface area contributed by atoms with Crippen LogP contribution >= 0.6 is 0 Å². The zero-order chi connectivity index (χ0) is 20.7. The highest BCUT2D eigenvalue weighted by atomic mass is 19.1. The molecule has 0 unspecified atom stereocenters. The van der Waals surface area contributed by atoms with E-state index in [9.17, 15) is 14.0 Å². The molecule has 0 bridgehead atoms. The fraction of sp³-hybridized carbons (Fsp3) is 0.273. The third-order valence-electron chi connectivity index (χ3n) is 3.99. The second-order valence-corrected chi connectivity index (χ2v) is 7.18. The number of hydrogen-bond donors (Lipinski definition) is 1. The minimum Gasteiger partial charge on any atom is -0.495 e. The Morgan fingerprint density at radius 1 is 1.14 bits per heavy atom. The second kappa shape index (κ2) is 9.17. The highest BCUT2D eigenvalue weighted by molar-refractivity contribution is 5.95. The van der Waals surface area contributed by atoms with E-state index >= 15 is 0 Å². The van der Waals surface area contributed by atoms with Gasteiger partial charge in [0.15, 0.2) is 6.61 Å². The van der Waals surface area contributed by atoms with Crippen LogP contribution in [0.1, 0.15) is 31.9 Å². The largest absolute Gasteiger partial charge is 0.495 e. The van der Waals surface area contributed by atoms with Crippen LogP contribution in [0.4, 0.5) is 10.1 Å². The van der Waals surface area contributed by atoms with Crippen LogP contribution in [0.5, 0.6) is 5.75 Å². The van der Waals surface area contributed by atoms with Gasteiger partial charge in [-0.2, -0.15) is 0 Å². The van der Waals surface area contributed by atoms with Gasteiger partial charge in [-0.25, -0.2) is 9.18 Å². The second-order valence-electron chi connectivity index (χ2n) is 7.18. The molecule has 6 heteroatoms. The molecular formula is C22H24FNO4. The fourth-order valence-electron chi connectivity index (χ4n) is 2.41. The lowest BCUT2D eigenvalue weighted by molar-refractivity contribution is -0.142. The molecule has 0 aliphatic heterocycles. The maximum Gasteiger partial charge on any atom is 0.331 e. The van der Waals surface area contributed by atoms with Gasteiger partial charge in [0.25, 0.3) is 5.91 Å². The summed E-state index contributed by atoms with van der Waals surface area (Å²) in [6.07, 6.45) is 2.37. The van der Waals surface area contributed by atoms with Crippen molar-refractivity contribution in [2.24, 2.45) is 0 Å². The quantitative estimate of drug-likeness (QED) is 0.594. The number of carbonyl (C=O) groups excluding carboxylic acids is 2. The first-order valence-electron chi connectivity index (χ1n) is 8.78. The topological polar surface area (TPSA) is 64.6 Å². The normalized spacial score (nSPS) is 11.3. The van der Waals surface area contributed by atoms with Crippen molar-refractivity contribution in [3.05, 3.63) is 65.5 Å². The minimum atomic E-state index is -0.742. The molecule has 2 rings (SSSR count). The lowest BCUT2D eigenvalue weighted by Gasteiger charge is -2.21. The number of halogens is 1. The molecule has 28 heavy (non-hydrogen) atoms. The number of anilines is 1. The van der Waals surface area contributed by atoms with Crippen molar-refractivity contribution in [3.63, 3.8) is 0 Å². The van der Waals surface area contributed by atoms with Gasteiger partial charge in [-0.15, -0.1) is 0 Å². The molecule has 0 aromatic heterocycles. The number of carbonyl (C=O) groups is 2. The van der Waals surface area contributed by atoms with Crippen molar-refractivity contribution in [1.82, 2.24) is 0 Å². The number of esters is 1. The van der Waals surface area contributed by atoms with Gasteiger partial charge in [0, 0.05) is 11.6 Å². The molecule has 0 radical (unpaired) electrons. The Morgan fingerprint density at radius 3 is 2.50 bits per heavy atom. The predicted molar refractivity (Wildman–Crippen MR) is 107 cm³/mol. The van der Waals surface area contributed by atoms with Crippen LogP contribution in [0, 0.1) is 5.82 Å². The molecule has 0 spiro atoms. The first-order chi connectivity index (χ1) is 13.2. The number of methoxy groups -OCH3 is 1.